The van der Waals surface area contributed by atoms with Gasteiger partial charge >= 0.3 is 0 Å². The molecule has 1 heterocycles. The third-order valence-electron chi connectivity index (χ3n) is 3.23. The van der Waals surface area contributed by atoms with Crippen molar-refractivity contribution < 1.29 is 9.13 Å². The highest BCUT2D eigenvalue weighted by molar-refractivity contribution is 5.19. The molecule has 1 saturated heterocycles. The lowest BCUT2D eigenvalue weighted by Crippen LogP contribution is -2.21. The van der Waals surface area contributed by atoms with Gasteiger partial charge in [0, 0.05) is 19.3 Å². The zero-order valence-corrected chi connectivity index (χ0v) is 9.36. The molecule has 88 valence electrons. The average Bonchev–Trinajstić information content (AvgIpc) is 2.31. The minimum atomic E-state index is -0.206. The Balaban J connectivity index is 1.91. The van der Waals surface area contributed by atoms with Gasteiger partial charge in [0.15, 0.2) is 0 Å². The Hall–Kier alpha value is -0.930. The van der Waals surface area contributed by atoms with Crippen molar-refractivity contribution in [3.8, 4) is 0 Å². The molecule has 0 bridgehead atoms. The monoisotopic (exact) mass is 223 g/mol. The van der Waals surface area contributed by atoms with Gasteiger partial charge in [0.05, 0.1) is 0 Å². The van der Waals surface area contributed by atoms with E-state index in [0.29, 0.717) is 5.92 Å². The molecule has 16 heavy (non-hydrogen) atoms. The second-order valence-corrected chi connectivity index (χ2v) is 4.45. The van der Waals surface area contributed by atoms with Gasteiger partial charge in [0.2, 0.25) is 0 Å². The molecule has 1 atom stereocenters. The highest BCUT2D eigenvalue weighted by Crippen LogP contribution is 2.25. The number of benzene rings is 1. The van der Waals surface area contributed by atoms with Crippen molar-refractivity contribution in [3.63, 3.8) is 0 Å². The summed E-state index contributed by atoms with van der Waals surface area (Å²) in [6.45, 7) is 1.70. The molecule has 2 N–H and O–H groups in total. The van der Waals surface area contributed by atoms with E-state index in [4.69, 9.17) is 10.5 Å². The van der Waals surface area contributed by atoms with Gasteiger partial charge in [-0.25, -0.2) is 4.39 Å². The molecule has 0 amide bonds. The third kappa shape index (κ3) is 3.03. The molecule has 1 aromatic rings. The van der Waals surface area contributed by atoms with Crippen molar-refractivity contribution in [1.82, 2.24) is 0 Å². The molecule has 1 fully saturated rings. The molecular weight excluding hydrogens is 205 g/mol. The zero-order chi connectivity index (χ0) is 11.4. The molecule has 0 spiro atoms. The van der Waals surface area contributed by atoms with Gasteiger partial charge in [-0.15, -0.1) is 0 Å². The second-order valence-electron chi connectivity index (χ2n) is 4.45. The molecule has 0 radical (unpaired) electrons. The van der Waals surface area contributed by atoms with Crippen LogP contribution in [0.2, 0.25) is 0 Å². The predicted octanol–water partition coefficient (Wildman–Crippen LogP) is 2.64. The quantitative estimate of drug-likeness (QED) is 0.855. The van der Waals surface area contributed by atoms with E-state index in [9.17, 15) is 4.39 Å². The van der Waals surface area contributed by atoms with E-state index in [1.807, 2.05) is 0 Å². The Morgan fingerprint density at radius 2 is 1.88 bits per heavy atom. The zero-order valence-electron chi connectivity index (χ0n) is 9.36. The first-order valence-corrected chi connectivity index (χ1v) is 5.84. The van der Waals surface area contributed by atoms with Crippen LogP contribution in [0.25, 0.3) is 0 Å². The fourth-order valence-electron chi connectivity index (χ4n) is 2.19. The molecule has 3 heteroatoms. The van der Waals surface area contributed by atoms with Crippen molar-refractivity contribution in [2.75, 3.05) is 13.2 Å². The topological polar surface area (TPSA) is 35.2 Å². The van der Waals surface area contributed by atoms with Crippen LogP contribution in [0.5, 0.6) is 0 Å². The normalized spacial score (nSPS) is 19.6. The smallest absolute Gasteiger partial charge is 0.123 e. The Bertz CT molecular complexity index is 319. The minimum Gasteiger partial charge on any atom is -0.381 e. The molecule has 0 unspecified atom stereocenters. The van der Waals surface area contributed by atoms with E-state index in [-0.39, 0.29) is 11.9 Å². The second kappa shape index (κ2) is 5.41. The first-order valence-electron chi connectivity index (χ1n) is 5.84. The summed E-state index contributed by atoms with van der Waals surface area (Å²) in [5.74, 6) is 0.441. The molecule has 1 aromatic carbocycles. The van der Waals surface area contributed by atoms with Crippen molar-refractivity contribution in [1.29, 1.82) is 0 Å². The van der Waals surface area contributed by atoms with Crippen molar-refractivity contribution >= 4 is 0 Å². The van der Waals surface area contributed by atoms with Crippen LogP contribution in [0.1, 0.15) is 30.9 Å². The first kappa shape index (κ1) is 11.6. The summed E-state index contributed by atoms with van der Waals surface area (Å²) >= 11 is 0. The van der Waals surface area contributed by atoms with Crippen LogP contribution in [0, 0.1) is 11.7 Å². The van der Waals surface area contributed by atoms with Gasteiger partial charge in [-0.1, -0.05) is 12.1 Å². The van der Waals surface area contributed by atoms with E-state index in [0.717, 1.165) is 38.0 Å². The summed E-state index contributed by atoms with van der Waals surface area (Å²) in [6.07, 6.45) is 3.15. The van der Waals surface area contributed by atoms with E-state index in [1.165, 1.54) is 12.1 Å². The summed E-state index contributed by atoms with van der Waals surface area (Å²) in [5, 5.41) is 0. The number of rotatable bonds is 3. The summed E-state index contributed by atoms with van der Waals surface area (Å²) in [4.78, 5) is 0. The maximum Gasteiger partial charge on any atom is 0.123 e. The van der Waals surface area contributed by atoms with Crippen LogP contribution in [0.15, 0.2) is 24.3 Å². The highest BCUT2D eigenvalue weighted by Gasteiger charge is 2.17. The fourth-order valence-corrected chi connectivity index (χ4v) is 2.19. The van der Waals surface area contributed by atoms with Crippen LogP contribution >= 0.6 is 0 Å². The van der Waals surface area contributed by atoms with Gasteiger partial charge < -0.3 is 10.5 Å². The maximum absolute atomic E-state index is 12.8. The van der Waals surface area contributed by atoms with E-state index in [2.05, 4.69) is 0 Å². The molecule has 0 aliphatic carbocycles. The van der Waals surface area contributed by atoms with Crippen LogP contribution in [-0.4, -0.2) is 13.2 Å². The summed E-state index contributed by atoms with van der Waals surface area (Å²) in [5.41, 5.74) is 7.13. The standard InChI is InChI=1S/C13H18FNO/c14-12-3-1-11(2-4-12)13(15)9-10-5-7-16-8-6-10/h1-4,10,13H,5-9,15H2/t13-/m1/s1. The number of hydrogen-bond donors (Lipinski definition) is 1. The van der Waals surface area contributed by atoms with Gasteiger partial charge in [0.25, 0.3) is 0 Å². The highest BCUT2D eigenvalue weighted by atomic mass is 19.1. The first-order chi connectivity index (χ1) is 7.75. The SMILES string of the molecule is N[C@H](CC1CCOCC1)c1ccc(F)cc1. The summed E-state index contributed by atoms with van der Waals surface area (Å²) in [7, 11) is 0. The predicted molar refractivity (Wildman–Crippen MR) is 61.5 cm³/mol. The van der Waals surface area contributed by atoms with Crippen LogP contribution < -0.4 is 5.73 Å². The molecule has 0 saturated carbocycles. The van der Waals surface area contributed by atoms with E-state index in [1.54, 1.807) is 12.1 Å². The third-order valence-corrected chi connectivity index (χ3v) is 3.23. The number of hydrogen-bond acceptors (Lipinski definition) is 2. The van der Waals surface area contributed by atoms with Crippen LogP contribution in [0.3, 0.4) is 0 Å². The Labute approximate surface area is 95.6 Å². The van der Waals surface area contributed by atoms with Gasteiger partial charge in [-0.05, 0) is 42.9 Å². The largest absolute Gasteiger partial charge is 0.381 e. The van der Waals surface area contributed by atoms with Crippen molar-refractivity contribution in [3.05, 3.63) is 35.6 Å². The Morgan fingerprint density at radius 3 is 2.50 bits per heavy atom. The van der Waals surface area contributed by atoms with Gasteiger partial charge in [0.1, 0.15) is 5.82 Å². The van der Waals surface area contributed by atoms with E-state index < -0.39 is 0 Å². The number of nitrogens with two attached hydrogens (primary N) is 1. The van der Waals surface area contributed by atoms with Crippen molar-refractivity contribution in [2.24, 2.45) is 11.7 Å². The molecule has 1 aliphatic heterocycles. The lowest BCUT2D eigenvalue weighted by Gasteiger charge is -2.24. The summed E-state index contributed by atoms with van der Waals surface area (Å²) < 4.78 is 18.1. The van der Waals surface area contributed by atoms with Crippen LogP contribution in [0.4, 0.5) is 4.39 Å². The molecule has 0 aromatic heterocycles. The minimum absolute atomic E-state index is 0.0173. The van der Waals surface area contributed by atoms with Gasteiger partial charge in [-0.2, -0.15) is 0 Å². The fraction of sp³-hybridized carbons (Fsp3) is 0.538. The van der Waals surface area contributed by atoms with Crippen LogP contribution in [-0.2, 0) is 4.74 Å². The average molecular weight is 223 g/mol. The van der Waals surface area contributed by atoms with E-state index >= 15 is 0 Å². The Kier molecular flexibility index (Phi) is 3.91. The maximum atomic E-state index is 12.8. The van der Waals surface area contributed by atoms with Gasteiger partial charge in [-0.3, -0.25) is 0 Å². The lowest BCUT2D eigenvalue weighted by molar-refractivity contribution is 0.0618. The lowest BCUT2D eigenvalue weighted by atomic mass is 9.90. The van der Waals surface area contributed by atoms with Crippen molar-refractivity contribution in [2.45, 2.75) is 25.3 Å². The number of ether oxygens (including phenoxy) is 1. The molecule has 2 rings (SSSR count). The molecular formula is C13H18FNO. The number of halogens is 1. The molecule has 2 nitrogen and oxygen atoms in total. The molecule has 1 aliphatic rings. The Morgan fingerprint density at radius 1 is 1.25 bits per heavy atom. The summed E-state index contributed by atoms with van der Waals surface area (Å²) in [6, 6.07) is 6.51.